The van der Waals surface area contributed by atoms with Crippen molar-refractivity contribution in [2.75, 3.05) is 0 Å². The van der Waals surface area contributed by atoms with Gasteiger partial charge in [-0.05, 0) is 36.0 Å². The molecule has 4 rings (SSSR count). The van der Waals surface area contributed by atoms with E-state index in [-0.39, 0.29) is 12.5 Å². The van der Waals surface area contributed by atoms with Crippen molar-refractivity contribution in [3.05, 3.63) is 69.2 Å². The van der Waals surface area contributed by atoms with Crippen molar-refractivity contribution in [3.8, 4) is 0 Å². The van der Waals surface area contributed by atoms with Crippen LogP contribution in [0.5, 0.6) is 0 Å². The van der Waals surface area contributed by atoms with Gasteiger partial charge < -0.3 is 15.6 Å². The average Bonchev–Trinajstić information content (AvgIpc) is 3.19. The molecule has 29 heavy (non-hydrogen) atoms. The number of nitrogens with one attached hydrogen (secondary N) is 1. The summed E-state index contributed by atoms with van der Waals surface area (Å²) in [5.74, 6) is -0.704. The van der Waals surface area contributed by atoms with Gasteiger partial charge in [0.25, 0.3) is 5.91 Å². The van der Waals surface area contributed by atoms with Crippen LogP contribution in [0.15, 0.2) is 58.6 Å². The Balaban J connectivity index is 1.69. The molecule has 2 heterocycles. The van der Waals surface area contributed by atoms with Crippen LogP contribution >= 0.6 is 35.0 Å². The highest BCUT2D eigenvalue weighted by molar-refractivity contribution is 8.18. The van der Waals surface area contributed by atoms with E-state index in [4.69, 9.17) is 28.9 Å². The highest BCUT2D eigenvalue weighted by Crippen LogP contribution is 2.35. The van der Waals surface area contributed by atoms with Crippen LogP contribution in [0.25, 0.3) is 17.0 Å². The van der Waals surface area contributed by atoms with Gasteiger partial charge in [-0.15, -0.1) is 0 Å². The molecule has 1 aliphatic rings. The summed E-state index contributed by atoms with van der Waals surface area (Å²) >= 11 is 13.4. The second-order valence-electron chi connectivity index (χ2n) is 6.25. The number of nitrogens with zero attached hydrogens (tertiary/aromatic N) is 2. The molecule has 2 amide bonds. The molecular formula is C20H14Cl2N4O2S. The monoisotopic (exact) mass is 444 g/mol. The summed E-state index contributed by atoms with van der Waals surface area (Å²) in [5.41, 5.74) is 7.49. The minimum Gasteiger partial charge on any atom is -0.368 e. The number of aromatic nitrogens is 1. The Kier molecular flexibility index (Phi) is 5.36. The zero-order chi connectivity index (χ0) is 20.5. The smallest absolute Gasteiger partial charge is 0.264 e. The summed E-state index contributed by atoms with van der Waals surface area (Å²) in [6.45, 7) is 0.0585. The molecule has 0 spiro atoms. The van der Waals surface area contributed by atoms with E-state index in [9.17, 15) is 9.59 Å². The normalized spacial score (nSPS) is 16.7. The first-order valence-electron chi connectivity index (χ1n) is 8.52. The lowest BCUT2D eigenvalue weighted by Crippen LogP contribution is -2.19. The van der Waals surface area contributed by atoms with Crippen LogP contribution < -0.4 is 11.1 Å². The molecule has 0 bridgehead atoms. The number of nitrogens with two attached hydrogens (primary N) is 1. The van der Waals surface area contributed by atoms with Gasteiger partial charge in [-0.3, -0.25) is 9.59 Å². The number of para-hydroxylation sites is 1. The Morgan fingerprint density at radius 2 is 2.00 bits per heavy atom. The van der Waals surface area contributed by atoms with Gasteiger partial charge in [0.15, 0.2) is 5.17 Å². The second-order valence-corrected chi connectivity index (χ2v) is 8.07. The molecule has 1 saturated heterocycles. The number of hydrogen-bond acceptors (Lipinski definition) is 4. The maximum absolute atomic E-state index is 12.4. The summed E-state index contributed by atoms with van der Waals surface area (Å²) in [5, 5.41) is 4.77. The molecule has 0 radical (unpaired) electrons. The minimum atomic E-state index is -0.439. The summed E-state index contributed by atoms with van der Waals surface area (Å²) in [6.07, 6.45) is 3.57. The quantitative estimate of drug-likeness (QED) is 0.586. The standard InChI is InChI=1S/C20H14Cl2N4O2S/c21-13-5-3-6-14(18(13)22)24-20-25-19(28)16(29-20)8-11-9-26(10-17(23)27)15-7-2-1-4-12(11)15/h1-9H,10H2,(H2,23,27)(H,24,25,28)/b16-8-. The second kappa shape index (κ2) is 7.94. The predicted octanol–water partition coefficient (Wildman–Crippen LogP) is 4.33. The van der Waals surface area contributed by atoms with Gasteiger partial charge in [0.2, 0.25) is 5.91 Å². The van der Waals surface area contributed by atoms with Crippen LogP contribution in [-0.4, -0.2) is 21.5 Å². The average molecular weight is 445 g/mol. The van der Waals surface area contributed by atoms with Crippen LogP contribution in [0.2, 0.25) is 10.0 Å². The molecule has 2 aromatic carbocycles. The predicted molar refractivity (Wildman–Crippen MR) is 118 cm³/mol. The van der Waals surface area contributed by atoms with Gasteiger partial charge in [0, 0.05) is 22.7 Å². The number of halogens is 2. The number of aliphatic imine (C=N–C) groups is 1. The fourth-order valence-electron chi connectivity index (χ4n) is 3.00. The third-order valence-electron chi connectivity index (χ3n) is 4.24. The van der Waals surface area contributed by atoms with Crippen LogP contribution in [0.3, 0.4) is 0 Å². The third kappa shape index (κ3) is 4.03. The molecule has 1 fully saturated rings. The lowest BCUT2D eigenvalue weighted by Gasteiger charge is -2.00. The molecule has 0 aliphatic carbocycles. The number of amides is 2. The van der Waals surface area contributed by atoms with E-state index in [2.05, 4.69) is 10.3 Å². The maximum atomic E-state index is 12.4. The van der Waals surface area contributed by atoms with E-state index in [0.717, 1.165) is 16.5 Å². The lowest BCUT2D eigenvalue weighted by atomic mass is 10.1. The molecule has 9 heteroatoms. The molecule has 0 unspecified atom stereocenters. The highest BCUT2D eigenvalue weighted by atomic mass is 35.5. The topological polar surface area (TPSA) is 89.5 Å². The van der Waals surface area contributed by atoms with Crippen molar-refractivity contribution in [2.45, 2.75) is 6.54 Å². The fourth-order valence-corrected chi connectivity index (χ4v) is 4.16. The summed E-state index contributed by atoms with van der Waals surface area (Å²) in [4.78, 5) is 28.7. The largest absolute Gasteiger partial charge is 0.368 e. The number of carbonyl (C=O) groups excluding carboxylic acids is 2. The van der Waals surface area contributed by atoms with Crippen LogP contribution in [-0.2, 0) is 16.1 Å². The fraction of sp³-hybridized carbons (Fsp3) is 0.0500. The van der Waals surface area contributed by atoms with Gasteiger partial charge in [-0.25, -0.2) is 4.99 Å². The van der Waals surface area contributed by atoms with Gasteiger partial charge in [-0.2, -0.15) is 0 Å². The Morgan fingerprint density at radius 3 is 2.79 bits per heavy atom. The summed E-state index contributed by atoms with van der Waals surface area (Å²) in [6, 6.07) is 12.7. The van der Waals surface area contributed by atoms with Gasteiger partial charge in [0.1, 0.15) is 6.54 Å². The van der Waals surface area contributed by atoms with Crippen molar-refractivity contribution >= 4 is 74.6 Å². The van der Waals surface area contributed by atoms with E-state index >= 15 is 0 Å². The Labute approximate surface area is 180 Å². The number of hydrogen-bond donors (Lipinski definition) is 2. The number of fused-ring (bicyclic) bond motifs is 1. The minimum absolute atomic E-state index is 0.0585. The number of rotatable bonds is 4. The molecule has 1 aliphatic heterocycles. The first-order valence-corrected chi connectivity index (χ1v) is 10.1. The van der Waals surface area contributed by atoms with Crippen molar-refractivity contribution in [2.24, 2.45) is 10.7 Å². The lowest BCUT2D eigenvalue weighted by molar-refractivity contribution is -0.118. The van der Waals surface area contributed by atoms with E-state index < -0.39 is 5.91 Å². The van der Waals surface area contributed by atoms with E-state index in [0.29, 0.717) is 25.8 Å². The molecular weight excluding hydrogens is 431 g/mol. The van der Waals surface area contributed by atoms with Crippen LogP contribution in [0.4, 0.5) is 5.69 Å². The SMILES string of the molecule is NC(=O)Cn1cc(/C=C2\SC(=Nc3cccc(Cl)c3Cl)NC2=O)c2ccccc21. The number of amidine groups is 1. The molecule has 0 saturated carbocycles. The number of carbonyl (C=O) groups is 2. The number of benzene rings is 2. The van der Waals surface area contributed by atoms with Crippen molar-refractivity contribution in [3.63, 3.8) is 0 Å². The highest BCUT2D eigenvalue weighted by Gasteiger charge is 2.25. The molecule has 0 atom stereocenters. The van der Waals surface area contributed by atoms with Gasteiger partial charge >= 0.3 is 0 Å². The van der Waals surface area contributed by atoms with Crippen molar-refractivity contribution in [1.29, 1.82) is 0 Å². The molecule has 1 aromatic heterocycles. The zero-order valence-electron chi connectivity index (χ0n) is 14.9. The summed E-state index contributed by atoms with van der Waals surface area (Å²) in [7, 11) is 0. The van der Waals surface area contributed by atoms with E-state index in [1.807, 2.05) is 24.3 Å². The molecule has 3 N–H and O–H groups in total. The summed E-state index contributed by atoms with van der Waals surface area (Å²) < 4.78 is 1.77. The molecule has 6 nitrogen and oxygen atoms in total. The van der Waals surface area contributed by atoms with Gasteiger partial charge in [0.05, 0.1) is 20.6 Å². The Bertz CT molecular complexity index is 1220. The Hall–Kier alpha value is -2.74. The number of primary amides is 1. The van der Waals surface area contributed by atoms with E-state index in [1.54, 1.807) is 35.0 Å². The third-order valence-corrected chi connectivity index (χ3v) is 5.96. The van der Waals surface area contributed by atoms with Crippen molar-refractivity contribution in [1.82, 2.24) is 9.88 Å². The van der Waals surface area contributed by atoms with Crippen LogP contribution in [0, 0.1) is 0 Å². The number of thioether (sulfide) groups is 1. The first kappa shape index (κ1) is 19.6. The molecule has 3 aromatic rings. The van der Waals surface area contributed by atoms with Crippen LogP contribution in [0.1, 0.15) is 5.56 Å². The van der Waals surface area contributed by atoms with Gasteiger partial charge in [-0.1, -0.05) is 47.5 Å². The zero-order valence-corrected chi connectivity index (χ0v) is 17.2. The maximum Gasteiger partial charge on any atom is 0.264 e. The Morgan fingerprint density at radius 1 is 1.21 bits per heavy atom. The van der Waals surface area contributed by atoms with Crippen molar-refractivity contribution < 1.29 is 9.59 Å². The molecule has 146 valence electrons. The van der Waals surface area contributed by atoms with E-state index in [1.165, 1.54) is 11.8 Å². The first-order chi connectivity index (χ1) is 13.9.